The minimum Gasteiger partial charge on any atom is -0.495 e. The van der Waals surface area contributed by atoms with E-state index in [2.05, 4.69) is 10.6 Å². The number of carboxylic acid groups (broad SMARTS) is 1. The van der Waals surface area contributed by atoms with E-state index < -0.39 is 11.2 Å². The summed E-state index contributed by atoms with van der Waals surface area (Å²) >= 11 is 7.45. The fraction of sp³-hybridized carbons (Fsp3) is 0.160. The molecule has 2 amide bonds. The van der Waals surface area contributed by atoms with Gasteiger partial charge >= 0.3 is 5.97 Å². The van der Waals surface area contributed by atoms with Crippen LogP contribution in [0, 0.1) is 0 Å². The maximum atomic E-state index is 13.3. The largest absolute Gasteiger partial charge is 0.495 e. The predicted octanol–water partition coefficient (Wildman–Crippen LogP) is 5.62. The molecule has 1 atom stereocenters. The Morgan fingerprint density at radius 3 is 2.32 bits per heavy atom. The van der Waals surface area contributed by atoms with Crippen LogP contribution in [0.1, 0.15) is 23.7 Å². The van der Waals surface area contributed by atoms with Crippen LogP contribution < -0.4 is 15.4 Å². The zero-order chi connectivity index (χ0) is 24.5. The van der Waals surface area contributed by atoms with Gasteiger partial charge in [-0.15, -0.1) is 11.8 Å². The lowest BCUT2D eigenvalue weighted by atomic mass is 10.1. The molecule has 1 unspecified atom stereocenters. The SMILES string of the molecule is COc1ccc(Cl)cc1NC(=O)C(Sc1ccc(NC(=O)CCC(=O)O)cc1)c1ccccc1. The number of methoxy groups -OCH3 is 1. The van der Waals surface area contributed by atoms with E-state index in [4.69, 9.17) is 21.4 Å². The van der Waals surface area contributed by atoms with Crippen molar-refractivity contribution >= 4 is 52.5 Å². The summed E-state index contributed by atoms with van der Waals surface area (Å²) < 4.78 is 5.33. The smallest absolute Gasteiger partial charge is 0.303 e. The summed E-state index contributed by atoms with van der Waals surface area (Å²) in [5.74, 6) is -1.15. The number of carboxylic acids is 1. The highest BCUT2D eigenvalue weighted by atomic mass is 35.5. The Morgan fingerprint density at radius 1 is 0.971 bits per heavy atom. The number of rotatable bonds is 10. The lowest BCUT2D eigenvalue weighted by Crippen LogP contribution is -2.19. The fourth-order valence-corrected chi connectivity index (χ4v) is 4.27. The van der Waals surface area contributed by atoms with E-state index in [-0.39, 0.29) is 24.7 Å². The van der Waals surface area contributed by atoms with Crippen molar-refractivity contribution in [2.45, 2.75) is 23.0 Å². The number of halogens is 1. The van der Waals surface area contributed by atoms with Gasteiger partial charge in [0.15, 0.2) is 0 Å². The van der Waals surface area contributed by atoms with Gasteiger partial charge in [-0.2, -0.15) is 0 Å². The van der Waals surface area contributed by atoms with Gasteiger partial charge in [0.2, 0.25) is 11.8 Å². The molecule has 176 valence electrons. The second-order valence-corrected chi connectivity index (χ2v) is 8.82. The van der Waals surface area contributed by atoms with Crippen LogP contribution in [0.4, 0.5) is 11.4 Å². The molecule has 0 fully saturated rings. The highest BCUT2D eigenvalue weighted by molar-refractivity contribution is 8.00. The van der Waals surface area contributed by atoms with E-state index in [1.165, 1.54) is 18.9 Å². The molecule has 0 saturated heterocycles. The fourth-order valence-electron chi connectivity index (χ4n) is 3.07. The van der Waals surface area contributed by atoms with E-state index in [9.17, 15) is 14.4 Å². The Bertz CT molecular complexity index is 1160. The Labute approximate surface area is 206 Å². The van der Waals surface area contributed by atoms with Gasteiger partial charge in [0.05, 0.1) is 19.2 Å². The Kier molecular flexibility index (Phi) is 8.95. The topological polar surface area (TPSA) is 105 Å². The number of amides is 2. The van der Waals surface area contributed by atoms with Crippen LogP contribution in [0.25, 0.3) is 0 Å². The van der Waals surface area contributed by atoms with Crippen LogP contribution in [0.15, 0.2) is 77.7 Å². The van der Waals surface area contributed by atoms with Crippen molar-refractivity contribution in [3.63, 3.8) is 0 Å². The molecule has 3 aromatic carbocycles. The molecule has 0 spiro atoms. The van der Waals surface area contributed by atoms with E-state index in [1.54, 1.807) is 42.5 Å². The summed E-state index contributed by atoms with van der Waals surface area (Å²) in [6.07, 6.45) is -0.333. The molecule has 0 aliphatic heterocycles. The van der Waals surface area contributed by atoms with Crippen molar-refractivity contribution in [1.29, 1.82) is 0 Å². The van der Waals surface area contributed by atoms with Gasteiger partial charge < -0.3 is 20.5 Å². The maximum Gasteiger partial charge on any atom is 0.303 e. The molecule has 7 nitrogen and oxygen atoms in total. The molecule has 9 heteroatoms. The summed E-state index contributed by atoms with van der Waals surface area (Å²) in [6.45, 7) is 0. The first kappa shape index (κ1) is 25.1. The van der Waals surface area contributed by atoms with Crippen LogP contribution >= 0.6 is 23.4 Å². The highest BCUT2D eigenvalue weighted by Crippen LogP contribution is 2.38. The van der Waals surface area contributed by atoms with E-state index in [0.29, 0.717) is 22.1 Å². The number of hydrogen-bond donors (Lipinski definition) is 3. The van der Waals surface area contributed by atoms with E-state index in [1.807, 2.05) is 30.3 Å². The van der Waals surface area contributed by atoms with E-state index >= 15 is 0 Å². The molecule has 0 aromatic heterocycles. The highest BCUT2D eigenvalue weighted by Gasteiger charge is 2.23. The monoisotopic (exact) mass is 498 g/mol. The van der Waals surface area contributed by atoms with E-state index in [0.717, 1.165) is 10.5 Å². The molecule has 3 aromatic rings. The van der Waals surface area contributed by atoms with Crippen molar-refractivity contribution in [2.24, 2.45) is 0 Å². The van der Waals surface area contributed by atoms with Crippen molar-refractivity contribution in [2.75, 3.05) is 17.7 Å². The van der Waals surface area contributed by atoms with Gasteiger partial charge in [0, 0.05) is 22.0 Å². The molecule has 0 aliphatic carbocycles. The Balaban J connectivity index is 1.76. The average molecular weight is 499 g/mol. The van der Waals surface area contributed by atoms with Gasteiger partial charge in [0.25, 0.3) is 0 Å². The summed E-state index contributed by atoms with van der Waals surface area (Å²) in [7, 11) is 1.52. The number of hydrogen-bond acceptors (Lipinski definition) is 5. The molecule has 0 heterocycles. The van der Waals surface area contributed by atoms with Crippen molar-refractivity contribution in [3.05, 3.63) is 83.4 Å². The Hall–Kier alpha value is -3.49. The van der Waals surface area contributed by atoms with Crippen LogP contribution in [-0.2, 0) is 14.4 Å². The van der Waals surface area contributed by atoms with Gasteiger partial charge in [-0.1, -0.05) is 41.9 Å². The Morgan fingerprint density at radius 2 is 1.68 bits per heavy atom. The second-order valence-electron chi connectivity index (χ2n) is 7.21. The van der Waals surface area contributed by atoms with Crippen molar-refractivity contribution < 1.29 is 24.2 Å². The van der Waals surface area contributed by atoms with Crippen molar-refractivity contribution in [1.82, 2.24) is 0 Å². The predicted molar refractivity (Wildman–Crippen MR) is 134 cm³/mol. The molecular weight excluding hydrogens is 476 g/mol. The molecule has 3 N–H and O–H groups in total. The van der Waals surface area contributed by atoms with Crippen LogP contribution in [-0.4, -0.2) is 30.0 Å². The minimum absolute atomic E-state index is 0.102. The first-order valence-electron chi connectivity index (χ1n) is 10.3. The van der Waals surface area contributed by atoms with Gasteiger partial charge in [-0.25, -0.2) is 0 Å². The quantitative estimate of drug-likeness (QED) is 0.313. The number of carbonyl (C=O) groups excluding carboxylic acids is 2. The van der Waals surface area contributed by atoms with Crippen LogP contribution in [0.3, 0.4) is 0 Å². The first-order valence-corrected chi connectivity index (χ1v) is 11.6. The minimum atomic E-state index is -1.03. The standard InChI is InChI=1S/C25H23ClN2O5S/c1-33-21-12-7-17(26)15-20(21)28-25(32)24(16-5-3-2-4-6-16)34-19-10-8-18(9-11-19)27-22(29)13-14-23(30)31/h2-12,15,24H,13-14H2,1H3,(H,27,29)(H,28,32)(H,30,31). The molecule has 0 radical (unpaired) electrons. The molecule has 0 bridgehead atoms. The summed E-state index contributed by atoms with van der Waals surface area (Å²) in [6, 6.07) is 21.4. The summed E-state index contributed by atoms with van der Waals surface area (Å²) in [4.78, 5) is 36.6. The summed E-state index contributed by atoms with van der Waals surface area (Å²) in [5.41, 5.74) is 1.84. The average Bonchev–Trinajstić information content (AvgIpc) is 2.83. The van der Waals surface area contributed by atoms with Gasteiger partial charge in [-0.3, -0.25) is 14.4 Å². The van der Waals surface area contributed by atoms with Crippen LogP contribution in [0.2, 0.25) is 5.02 Å². The number of ether oxygens (including phenoxy) is 1. The van der Waals surface area contributed by atoms with Crippen LogP contribution in [0.5, 0.6) is 5.75 Å². The molecular formula is C25H23ClN2O5S. The third-order valence-electron chi connectivity index (χ3n) is 4.72. The number of benzene rings is 3. The maximum absolute atomic E-state index is 13.3. The number of anilines is 2. The van der Waals surface area contributed by atoms with Crippen molar-refractivity contribution in [3.8, 4) is 5.75 Å². The molecule has 0 aliphatic rings. The third-order valence-corrected chi connectivity index (χ3v) is 6.22. The number of aliphatic carboxylic acids is 1. The zero-order valence-electron chi connectivity index (χ0n) is 18.3. The lowest BCUT2D eigenvalue weighted by Gasteiger charge is -2.18. The van der Waals surface area contributed by atoms with Gasteiger partial charge in [0.1, 0.15) is 11.0 Å². The normalized spacial score (nSPS) is 11.4. The summed E-state index contributed by atoms with van der Waals surface area (Å²) in [5, 5.41) is 14.2. The van der Waals surface area contributed by atoms with Gasteiger partial charge in [-0.05, 0) is 48.0 Å². The molecule has 34 heavy (non-hydrogen) atoms. The first-order chi connectivity index (χ1) is 16.4. The lowest BCUT2D eigenvalue weighted by molar-refractivity contribution is -0.138. The third kappa shape index (κ3) is 7.26. The molecule has 3 rings (SSSR count). The second kappa shape index (κ2) is 12.1. The molecule has 0 saturated carbocycles. The number of nitrogens with one attached hydrogen (secondary N) is 2. The zero-order valence-corrected chi connectivity index (χ0v) is 19.9. The number of carbonyl (C=O) groups is 3. The number of thioether (sulfide) groups is 1.